The summed E-state index contributed by atoms with van der Waals surface area (Å²) in [7, 11) is 0. The van der Waals surface area contributed by atoms with E-state index < -0.39 is 16.3 Å². The minimum atomic E-state index is -0.905. The summed E-state index contributed by atoms with van der Waals surface area (Å²) in [6, 6.07) is 0. The van der Waals surface area contributed by atoms with Gasteiger partial charge in [0.15, 0.2) is 0 Å². The molecule has 0 spiro atoms. The molecule has 0 aromatic heterocycles. The molecule has 0 radical (unpaired) electrons. The molecule has 1 aliphatic rings. The van der Waals surface area contributed by atoms with E-state index in [0.717, 1.165) is 0 Å². The van der Waals surface area contributed by atoms with Gasteiger partial charge in [0.25, 0.3) is 0 Å². The van der Waals surface area contributed by atoms with Crippen molar-refractivity contribution in [3.63, 3.8) is 0 Å². The molecule has 0 atom stereocenters. The van der Waals surface area contributed by atoms with E-state index in [4.69, 9.17) is 4.74 Å². The number of quaternary nitrogens is 1. The highest BCUT2D eigenvalue weighted by atomic mass is 16.7. The van der Waals surface area contributed by atoms with E-state index in [0.29, 0.717) is 0 Å². The molecule has 0 saturated carbocycles. The zero-order valence-corrected chi connectivity index (χ0v) is 8.24. The normalized spacial score (nSPS) is 20.3. The molecule has 1 rings (SSSR count). The van der Waals surface area contributed by atoms with E-state index in [1.165, 1.54) is 0 Å². The van der Waals surface area contributed by atoms with E-state index in [2.05, 4.69) is 0 Å². The first-order valence-corrected chi connectivity index (χ1v) is 4.30. The van der Waals surface area contributed by atoms with Crippen LogP contribution in [0.5, 0.6) is 0 Å². The summed E-state index contributed by atoms with van der Waals surface area (Å²) in [6.45, 7) is 5.63. The first-order chi connectivity index (χ1) is 5.83. The first-order valence-electron chi connectivity index (χ1n) is 4.30. The molecule has 1 heterocycles. The van der Waals surface area contributed by atoms with Crippen molar-refractivity contribution in [1.82, 2.24) is 0 Å². The fourth-order valence-electron chi connectivity index (χ4n) is 1.06. The summed E-state index contributed by atoms with van der Waals surface area (Å²) in [6.07, 6.45) is 2.71. The average Bonchev–Trinajstić information content (AvgIpc) is 2.33. The lowest BCUT2D eigenvalue weighted by molar-refractivity contribution is -0.790. The molecule has 0 aliphatic carbocycles. The molecule has 0 unspecified atom stereocenters. The van der Waals surface area contributed by atoms with Gasteiger partial charge in [-0.15, -0.1) is 0 Å². The van der Waals surface area contributed by atoms with Gasteiger partial charge in [0.2, 0.25) is 0 Å². The van der Waals surface area contributed by atoms with Crippen molar-refractivity contribution in [2.75, 3.05) is 13.1 Å². The highest BCUT2D eigenvalue weighted by Gasteiger charge is 2.33. The lowest BCUT2D eigenvalue weighted by Crippen LogP contribution is -2.48. The molecular weight excluding hydrogens is 170 g/mol. The second-order valence-corrected chi connectivity index (χ2v) is 4.21. The number of ether oxygens (including phenoxy) is 1. The number of amides is 1. The van der Waals surface area contributed by atoms with Crippen LogP contribution in [0.15, 0.2) is 12.2 Å². The number of carbonyl (C=O) groups excluding carboxylic acids is 1. The Hall–Kier alpha value is -0.870. The first kappa shape index (κ1) is 10.2. The van der Waals surface area contributed by atoms with E-state index in [-0.39, 0.29) is 13.1 Å². The highest BCUT2D eigenvalue weighted by Crippen LogP contribution is 2.18. The van der Waals surface area contributed by atoms with Crippen LogP contribution in [0.4, 0.5) is 4.79 Å². The Kier molecular flexibility index (Phi) is 2.45. The summed E-state index contributed by atoms with van der Waals surface area (Å²) >= 11 is 0. The zero-order chi connectivity index (χ0) is 10.1. The third kappa shape index (κ3) is 2.54. The van der Waals surface area contributed by atoms with Crippen LogP contribution in [0.2, 0.25) is 0 Å². The maximum absolute atomic E-state index is 11.7. The summed E-state index contributed by atoms with van der Waals surface area (Å²) in [4.78, 5) is 11.4. The Morgan fingerprint density at radius 2 is 1.85 bits per heavy atom. The molecule has 1 amide bonds. The van der Waals surface area contributed by atoms with Crippen LogP contribution >= 0.6 is 0 Å². The molecule has 4 heteroatoms. The van der Waals surface area contributed by atoms with Crippen molar-refractivity contribution in [2.24, 2.45) is 0 Å². The molecule has 4 nitrogen and oxygen atoms in total. The SMILES string of the molecule is CC(C)(C)OC(=O)[N+]1([O-])CC=CC1. The fourth-order valence-corrected chi connectivity index (χ4v) is 1.06. The second-order valence-electron chi connectivity index (χ2n) is 4.21. The molecular formula is C9H15NO3. The van der Waals surface area contributed by atoms with Crippen LogP contribution < -0.4 is 0 Å². The summed E-state index contributed by atoms with van der Waals surface area (Å²) < 4.78 is 4.10. The van der Waals surface area contributed by atoms with Gasteiger partial charge in [-0.1, -0.05) is 0 Å². The molecule has 0 fully saturated rings. The van der Waals surface area contributed by atoms with Crippen LogP contribution in [0.3, 0.4) is 0 Å². The number of hydrogen-bond acceptors (Lipinski definition) is 3. The van der Waals surface area contributed by atoms with Gasteiger partial charge in [-0.3, -0.25) is 4.65 Å². The number of rotatable bonds is 0. The number of hydrogen-bond donors (Lipinski definition) is 0. The number of nitrogens with zero attached hydrogens (tertiary/aromatic N) is 1. The van der Waals surface area contributed by atoms with E-state index in [9.17, 15) is 10.0 Å². The van der Waals surface area contributed by atoms with Gasteiger partial charge in [-0.25, -0.2) is 0 Å². The van der Waals surface area contributed by atoms with Gasteiger partial charge >= 0.3 is 6.09 Å². The molecule has 0 aromatic rings. The van der Waals surface area contributed by atoms with E-state index in [1.54, 1.807) is 32.9 Å². The monoisotopic (exact) mass is 185 g/mol. The van der Waals surface area contributed by atoms with Gasteiger partial charge in [-0.05, 0) is 32.9 Å². The number of carbonyl (C=O) groups is 1. The van der Waals surface area contributed by atoms with Gasteiger partial charge in [0, 0.05) is 0 Å². The van der Waals surface area contributed by atoms with Crippen LogP contribution in [-0.2, 0) is 4.74 Å². The van der Waals surface area contributed by atoms with Crippen molar-refractivity contribution in [2.45, 2.75) is 26.4 Å². The predicted octanol–water partition coefficient (Wildman–Crippen LogP) is 1.81. The molecule has 0 N–H and O–H groups in total. The standard InChI is InChI=1S/C9H15NO3/c1-9(2,3)13-8(11)10(12)6-4-5-7-10/h4-5H,6-7H2,1-3H3. The maximum atomic E-state index is 11.7. The Morgan fingerprint density at radius 1 is 1.38 bits per heavy atom. The quantitative estimate of drug-likeness (QED) is 0.328. The van der Waals surface area contributed by atoms with Crippen molar-refractivity contribution < 1.29 is 14.2 Å². The largest absolute Gasteiger partial charge is 0.622 e. The summed E-state index contributed by atoms with van der Waals surface area (Å²) in [5.41, 5.74) is -0.588. The van der Waals surface area contributed by atoms with Gasteiger partial charge in [0.1, 0.15) is 18.7 Å². The number of hydroxylamine groups is 3. The Balaban J connectivity index is 2.58. The molecule has 0 aromatic carbocycles. The molecule has 74 valence electrons. The summed E-state index contributed by atoms with van der Waals surface area (Å²) in [5, 5.41) is 11.7. The van der Waals surface area contributed by atoms with E-state index >= 15 is 0 Å². The Bertz CT molecular complexity index is 232. The smallest absolute Gasteiger partial charge is 0.517 e. The molecule has 1 aliphatic heterocycles. The highest BCUT2D eigenvalue weighted by molar-refractivity contribution is 5.61. The van der Waals surface area contributed by atoms with Crippen LogP contribution in [-0.4, -0.2) is 29.4 Å². The van der Waals surface area contributed by atoms with Crippen molar-refractivity contribution >= 4 is 6.09 Å². The van der Waals surface area contributed by atoms with Gasteiger partial charge < -0.3 is 9.94 Å². The third-order valence-corrected chi connectivity index (χ3v) is 1.69. The lowest BCUT2D eigenvalue weighted by Gasteiger charge is -2.35. The van der Waals surface area contributed by atoms with Gasteiger partial charge in [-0.2, -0.15) is 4.79 Å². The third-order valence-electron chi connectivity index (χ3n) is 1.69. The lowest BCUT2D eigenvalue weighted by atomic mass is 10.2. The average molecular weight is 185 g/mol. The minimum absolute atomic E-state index is 0.189. The topological polar surface area (TPSA) is 49.4 Å². The van der Waals surface area contributed by atoms with Crippen LogP contribution in [0, 0.1) is 5.21 Å². The Labute approximate surface area is 78.0 Å². The van der Waals surface area contributed by atoms with Crippen LogP contribution in [0.1, 0.15) is 20.8 Å². The molecule has 13 heavy (non-hydrogen) atoms. The summed E-state index contributed by atoms with van der Waals surface area (Å²) in [5.74, 6) is 0. The molecule has 0 saturated heterocycles. The predicted molar refractivity (Wildman–Crippen MR) is 48.7 cm³/mol. The van der Waals surface area contributed by atoms with Gasteiger partial charge in [0.05, 0.1) is 0 Å². The molecule has 0 bridgehead atoms. The fraction of sp³-hybridized carbons (Fsp3) is 0.667. The zero-order valence-electron chi connectivity index (χ0n) is 8.24. The maximum Gasteiger partial charge on any atom is 0.517 e. The van der Waals surface area contributed by atoms with Crippen molar-refractivity contribution in [1.29, 1.82) is 0 Å². The van der Waals surface area contributed by atoms with Crippen molar-refractivity contribution in [3.8, 4) is 0 Å². The Morgan fingerprint density at radius 3 is 2.23 bits per heavy atom. The van der Waals surface area contributed by atoms with E-state index in [1.807, 2.05) is 0 Å². The minimum Gasteiger partial charge on any atom is -0.622 e. The second kappa shape index (κ2) is 3.12. The van der Waals surface area contributed by atoms with Crippen LogP contribution in [0.25, 0.3) is 0 Å². The van der Waals surface area contributed by atoms with Crippen molar-refractivity contribution in [3.05, 3.63) is 17.4 Å².